The third kappa shape index (κ3) is 76.9. The molecule has 0 saturated carbocycles. The average molecular weight is 1460 g/mol. The van der Waals surface area contributed by atoms with Gasteiger partial charge < -0.3 is 34.2 Å². The van der Waals surface area contributed by atoms with Crippen LogP contribution in [0.5, 0.6) is 0 Å². The standard InChI is InChI=1S/C83H144O16P2/c1-4-7-10-13-16-19-22-25-28-30-32-33-34-35-36-37-38-39-40-41-42-43-45-47-49-51-54-57-60-63-66-69-81(86)93-72-78(84)73-95-100(89,90)96-74-79(85)75-97-101(91,92)98-77-80(99-83(88)71-68-65-62-59-56-53-48-27-24-21-18-15-12-9-6-3)76-94-82(87)70-67-64-61-58-55-52-50-46-44-31-29-26-23-20-17-14-11-8-5-2/h9,12,16-21,25-29,32-33,35-36,44,46,48,78-80,84-85H,4-8,10-11,13-15,22-24,30-31,34,37-43,45,47,49-77H2,1-3H3,(H,89,90)(H,91,92)/b12-9-,19-16-,20-17-,21-18-,28-25-,29-26-,33-32-,36-35-,46-44-,48-27-. The van der Waals surface area contributed by atoms with E-state index >= 15 is 0 Å². The van der Waals surface area contributed by atoms with Crippen molar-refractivity contribution in [2.24, 2.45) is 0 Å². The number of esters is 3. The fraction of sp³-hybridized carbons (Fsp3) is 0.723. The highest BCUT2D eigenvalue weighted by molar-refractivity contribution is 7.47. The van der Waals surface area contributed by atoms with E-state index in [2.05, 4.69) is 142 Å². The van der Waals surface area contributed by atoms with E-state index in [-0.39, 0.29) is 19.3 Å². The van der Waals surface area contributed by atoms with E-state index in [0.29, 0.717) is 19.3 Å². The van der Waals surface area contributed by atoms with Crippen LogP contribution in [0, 0.1) is 0 Å². The number of hydrogen-bond donors (Lipinski definition) is 4. The van der Waals surface area contributed by atoms with E-state index in [1.54, 1.807) is 0 Å². The summed E-state index contributed by atoms with van der Waals surface area (Å²) in [6.45, 7) is 2.49. The Morgan fingerprint density at radius 1 is 0.287 bits per heavy atom. The second-order valence-electron chi connectivity index (χ2n) is 26.5. The van der Waals surface area contributed by atoms with Gasteiger partial charge in [0.25, 0.3) is 0 Å². The summed E-state index contributed by atoms with van der Waals surface area (Å²) in [7, 11) is -9.80. The predicted molar refractivity (Wildman–Crippen MR) is 417 cm³/mol. The minimum absolute atomic E-state index is 0.0803. The Bertz CT molecular complexity index is 2320. The van der Waals surface area contributed by atoms with Gasteiger partial charge in [-0.3, -0.25) is 32.5 Å². The lowest BCUT2D eigenvalue weighted by Gasteiger charge is -2.21. The molecule has 0 bridgehead atoms. The first kappa shape index (κ1) is 97.0. The molecule has 0 aliphatic heterocycles. The molecule has 0 rings (SSSR count). The lowest BCUT2D eigenvalue weighted by Crippen LogP contribution is -2.30. The first-order valence-electron chi connectivity index (χ1n) is 39.8. The van der Waals surface area contributed by atoms with Crippen LogP contribution in [0.15, 0.2) is 122 Å². The molecule has 0 amide bonds. The molecule has 0 aromatic rings. The summed E-state index contributed by atoms with van der Waals surface area (Å²) in [5, 5.41) is 20.6. The summed E-state index contributed by atoms with van der Waals surface area (Å²) in [6.07, 6.45) is 89.7. The quantitative estimate of drug-likeness (QED) is 0.0146. The van der Waals surface area contributed by atoms with Gasteiger partial charge in [0.05, 0.1) is 26.4 Å². The number of phosphoric acid groups is 2. The van der Waals surface area contributed by atoms with Crippen LogP contribution in [0.1, 0.15) is 329 Å². The minimum atomic E-state index is -4.94. The predicted octanol–water partition coefficient (Wildman–Crippen LogP) is 23.3. The number of phosphoric ester groups is 2. The van der Waals surface area contributed by atoms with E-state index in [1.165, 1.54) is 122 Å². The molecule has 0 fully saturated rings. The van der Waals surface area contributed by atoms with Crippen molar-refractivity contribution in [3.8, 4) is 0 Å². The molecule has 582 valence electrons. The fourth-order valence-corrected chi connectivity index (χ4v) is 12.2. The van der Waals surface area contributed by atoms with Crippen molar-refractivity contribution in [1.29, 1.82) is 0 Å². The maximum Gasteiger partial charge on any atom is 0.472 e. The minimum Gasteiger partial charge on any atom is -0.463 e. The van der Waals surface area contributed by atoms with Crippen molar-refractivity contribution in [2.45, 2.75) is 347 Å². The number of unbranched alkanes of at least 4 members (excludes halogenated alkanes) is 32. The zero-order valence-corrected chi connectivity index (χ0v) is 65.3. The Kier molecular flexibility index (Phi) is 72.6. The monoisotopic (exact) mass is 1460 g/mol. The van der Waals surface area contributed by atoms with Gasteiger partial charge >= 0.3 is 33.6 Å². The zero-order chi connectivity index (χ0) is 73.7. The SMILES string of the molecule is CC/C=C\C/C=C\C/C=C\CCCCCCCC(=O)OC(COC(=O)CCCCCCCC/C=C\C/C=C\C/C=C\CCCCC)COP(=O)(O)OCC(O)COP(=O)(O)OCC(O)COC(=O)CCCCCCCCCCCCCCCCC/C=C\C/C=C\C/C=C\C/C=C\CCCCC. The molecule has 5 atom stereocenters. The van der Waals surface area contributed by atoms with Crippen LogP contribution >= 0.6 is 15.6 Å². The van der Waals surface area contributed by atoms with Crippen LogP contribution in [0.4, 0.5) is 0 Å². The smallest absolute Gasteiger partial charge is 0.463 e. The van der Waals surface area contributed by atoms with Crippen molar-refractivity contribution < 1.29 is 75.8 Å². The Balaban J connectivity index is 4.48. The van der Waals surface area contributed by atoms with Gasteiger partial charge in [0.1, 0.15) is 25.4 Å². The molecule has 0 saturated heterocycles. The summed E-state index contributed by atoms with van der Waals surface area (Å²) in [6, 6.07) is 0. The fourth-order valence-electron chi connectivity index (χ4n) is 10.6. The summed E-state index contributed by atoms with van der Waals surface area (Å²) in [5.74, 6) is -1.60. The number of allylic oxidation sites excluding steroid dienone is 20. The number of aliphatic hydroxyl groups excluding tert-OH is 2. The van der Waals surface area contributed by atoms with Crippen LogP contribution in [0.25, 0.3) is 0 Å². The van der Waals surface area contributed by atoms with E-state index in [9.17, 15) is 43.5 Å². The van der Waals surface area contributed by atoms with Crippen molar-refractivity contribution in [2.75, 3.05) is 39.6 Å². The lowest BCUT2D eigenvalue weighted by molar-refractivity contribution is -0.161. The number of carbonyl (C=O) groups excluding carboxylic acids is 3. The van der Waals surface area contributed by atoms with Gasteiger partial charge in [-0.2, -0.15) is 0 Å². The normalized spacial score (nSPS) is 14.6. The van der Waals surface area contributed by atoms with Crippen LogP contribution < -0.4 is 0 Å². The molecule has 0 heterocycles. The second kappa shape index (κ2) is 75.6. The molecule has 4 N–H and O–H groups in total. The molecule has 0 spiro atoms. The highest BCUT2D eigenvalue weighted by Gasteiger charge is 2.29. The van der Waals surface area contributed by atoms with Gasteiger partial charge in [0.2, 0.25) is 0 Å². The highest BCUT2D eigenvalue weighted by atomic mass is 31.2. The third-order valence-electron chi connectivity index (χ3n) is 16.6. The second-order valence-corrected chi connectivity index (χ2v) is 29.4. The maximum atomic E-state index is 12.9. The Hall–Kier alpha value is -4.05. The molecule has 0 aliphatic rings. The van der Waals surface area contributed by atoms with Gasteiger partial charge in [0, 0.05) is 19.3 Å². The van der Waals surface area contributed by atoms with Crippen molar-refractivity contribution in [3.05, 3.63) is 122 Å². The van der Waals surface area contributed by atoms with E-state index in [1.807, 2.05) is 0 Å². The average Bonchev–Trinajstić information content (AvgIpc) is 0.964. The first-order valence-corrected chi connectivity index (χ1v) is 42.8. The molecule has 0 radical (unpaired) electrons. The molecule has 0 aromatic heterocycles. The van der Waals surface area contributed by atoms with Crippen LogP contribution in [-0.4, -0.2) is 95.9 Å². The molecule has 101 heavy (non-hydrogen) atoms. The zero-order valence-electron chi connectivity index (χ0n) is 63.5. The number of ether oxygens (including phenoxy) is 3. The molecule has 18 heteroatoms. The number of carbonyl (C=O) groups is 3. The van der Waals surface area contributed by atoms with Crippen molar-refractivity contribution >= 4 is 33.6 Å². The Labute approximate surface area is 614 Å². The highest BCUT2D eigenvalue weighted by Crippen LogP contribution is 2.45. The summed E-state index contributed by atoms with van der Waals surface area (Å²) >= 11 is 0. The first-order chi connectivity index (χ1) is 49.2. The number of rotatable bonds is 75. The molecule has 0 aromatic carbocycles. The van der Waals surface area contributed by atoms with E-state index < -0.39 is 91.5 Å². The molecular formula is C83H144O16P2. The van der Waals surface area contributed by atoms with Crippen LogP contribution in [0.3, 0.4) is 0 Å². The number of hydrogen-bond acceptors (Lipinski definition) is 14. The third-order valence-corrected chi connectivity index (χ3v) is 18.5. The molecule has 16 nitrogen and oxygen atoms in total. The van der Waals surface area contributed by atoms with Gasteiger partial charge in [-0.05, 0) is 135 Å². The topological polar surface area (TPSA) is 231 Å². The molecule has 5 unspecified atom stereocenters. The molecular weight excluding hydrogens is 1310 g/mol. The van der Waals surface area contributed by atoms with E-state index in [0.717, 1.165) is 148 Å². The summed E-state index contributed by atoms with van der Waals surface area (Å²) < 4.78 is 61.1. The van der Waals surface area contributed by atoms with Crippen LogP contribution in [-0.2, 0) is 55.8 Å². The van der Waals surface area contributed by atoms with Gasteiger partial charge in [-0.25, -0.2) is 9.13 Å². The summed E-state index contributed by atoms with van der Waals surface area (Å²) in [4.78, 5) is 58.6. The lowest BCUT2D eigenvalue weighted by atomic mass is 10.0. The van der Waals surface area contributed by atoms with Gasteiger partial charge in [0.15, 0.2) is 6.10 Å². The summed E-state index contributed by atoms with van der Waals surface area (Å²) in [5.41, 5.74) is 0. The van der Waals surface area contributed by atoms with E-state index in [4.69, 9.17) is 32.3 Å². The van der Waals surface area contributed by atoms with Gasteiger partial charge in [-0.15, -0.1) is 0 Å². The number of aliphatic hydroxyl groups is 2. The largest absolute Gasteiger partial charge is 0.472 e. The van der Waals surface area contributed by atoms with Gasteiger partial charge in [-0.1, -0.05) is 296 Å². The van der Waals surface area contributed by atoms with Crippen molar-refractivity contribution in [1.82, 2.24) is 0 Å². The maximum absolute atomic E-state index is 12.9. The Morgan fingerprint density at radius 3 is 0.832 bits per heavy atom. The van der Waals surface area contributed by atoms with Crippen LogP contribution in [0.2, 0.25) is 0 Å². The molecule has 0 aliphatic carbocycles. The Morgan fingerprint density at radius 2 is 0.525 bits per heavy atom. The van der Waals surface area contributed by atoms with Crippen molar-refractivity contribution in [3.63, 3.8) is 0 Å².